The number of halogens is 2. The third kappa shape index (κ3) is 4.09. The van der Waals surface area contributed by atoms with Crippen molar-refractivity contribution in [2.24, 2.45) is 0 Å². The van der Waals surface area contributed by atoms with Crippen LogP contribution in [0.25, 0.3) is 21.1 Å². The van der Waals surface area contributed by atoms with Crippen LogP contribution < -0.4 is 4.90 Å². The summed E-state index contributed by atoms with van der Waals surface area (Å²) in [5, 5.41) is 11.3. The van der Waals surface area contributed by atoms with Crippen LogP contribution in [0, 0.1) is 0 Å². The van der Waals surface area contributed by atoms with Gasteiger partial charge in [0.05, 0.1) is 16.8 Å². The van der Waals surface area contributed by atoms with Crippen LogP contribution >= 0.6 is 47.2 Å². The molecule has 5 rings (SSSR count). The van der Waals surface area contributed by atoms with E-state index in [1.54, 1.807) is 18.3 Å². The number of H-pyrrole nitrogens is 1. The van der Waals surface area contributed by atoms with E-state index in [9.17, 15) is 0 Å². The van der Waals surface area contributed by atoms with Gasteiger partial charge < -0.3 is 15.0 Å². The number of thiazole rings is 1. The van der Waals surface area contributed by atoms with Gasteiger partial charge in [0.15, 0.2) is 5.13 Å². The fraction of sp³-hybridized carbons (Fsp3) is 0.286. The number of hydrogen-bond donors (Lipinski definition) is 3. The Kier molecular flexibility index (Phi) is 6.27. The number of hydrogen-bond acceptors (Lipinski definition) is 5. The van der Waals surface area contributed by atoms with E-state index >= 15 is 0 Å². The first-order valence-electron chi connectivity index (χ1n) is 9.36. The van der Waals surface area contributed by atoms with Gasteiger partial charge in [-0.15, -0.1) is 0 Å². The van der Waals surface area contributed by atoms with Crippen molar-refractivity contribution in [2.45, 2.75) is 19.4 Å². The fourth-order valence-corrected chi connectivity index (χ4v) is 5.48. The Morgan fingerprint density at radius 3 is 2.72 bits per heavy atom. The Morgan fingerprint density at radius 2 is 1.97 bits per heavy atom. The van der Waals surface area contributed by atoms with Gasteiger partial charge in [-0.2, -0.15) is 12.6 Å². The van der Waals surface area contributed by atoms with E-state index in [2.05, 4.69) is 34.6 Å². The molecule has 0 saturated carbocycles. The first-order chi connectivity index (χ1) is 14.0. The average molecular weight is 466 g/mol. The van der Waals surface area contributed by atoms with E-state index in [1.807, 2.05) is 24.3 Å². The zero-order valence-corrected chi connectivity index (χ0v) is 19.0. The molecule has 4 aromatic rings. The van der Waals surface area contributed by atoms with Gasteiger partial charge in [-0.1, -0.05) is 34.5 Å². The van der Waals surface area contributed by atoms with Crippen LogP contribution in [-0.4, -0.2) is 34.0 Å². The molecular weight excluding hydrogens is 445 g/mol. The number of thiol groups is 1. The highest BCUT2D eigenvalue weighted by molar-refractivity contribution is 7.80. The Hall–Kier alpha value is -1.44. The van der Waals surface area contributed by atoms with Crippen molar-refractivity contribution in [3.05, 3.63) is 57.7 Å². The van der Waals surface area contributed by atoms with Crippen LogP contribution in [0.3, 0.4) is 0 Å². The van der Waals surface area contributed by atoms with Gasteiger partial charge in [0.1, 0.15) is 0 Å². The molecule has 1 unspecified atom stereocenters. The minimum absolute atomic E-state index is 0.250. The van der Waals surface area contributed by atoms with Crippen LogP contribution in [0.5, 0.6) is 0 Å². The monoisotopic (exact) mass is 465 g/mol. The Balaban J connectivity index is 0.000000645. The lowest BCUT2D eigenvalue weighted by molar-refractivity contribution is 0.318. The number of rotatable bonds is 2. The fourth-order valence-electron chi connectivity index (χ4n) is 3.76. The molecule has 2 N–H and O–H groups in total. The zero-order chi connectivity index (χ0) is 20.5. The van der Waals surface area contributed by atoms with E-state index in [0.717, 1.165) is 49.8 Å². The number of aromatic nitrogens is 2. The summed E-state index contributed by atoms with van der Waals surface area (Å²) >= 11 is 18.7. The van der Waals surface area contributed by atoms with Gasteiger partial charge >= 0.3 is 0 Å². The van der Waals surface area contributed by atoms with Crippen LogP contribution in [0.15, 0.2) is 36.4 Å². The molecule has 0 aliphatic carbocycles. The molecule has 152 valence electrons. The number of fused-ring (bicyclic) bond motifs is 4. The molecule has 0 spiro atoms. The lowest BCUT2D eigenvalue weighted by Gasteiger charge is -2.32. The molecular formula is C21H21Cl2N3OS2. The summed E-state index contributed by atoms with van der Waals surface area (Å²) in [6, 6.07) is 11.9. The van der Waals surface area contributed by atoms with Gasteiger partial charge in [-0.3, -0.25) is 0 Å². The molecule has 0 saturated heterocycles. The Bertz CT molecular complexity index is 1160. The number of aromatic amines is 1. The molecule has 1 aliphatic heterocycles. The minimum Gasteiger partial charge on any atom is -0.397 e. The normalized spacial score (nSPS) is 16.0. The van der Waals surface area contributed by atoms with Crippen molar-refractivity contribution < 1.29 is 5.11 Å². The van der Waals surface area contributed by atoms with Crippen molar-refractivity contribution in [1.82, 2.24) is 9.97 Å². The molecule has 8 heteroatoms. The third-order valence-corrected chi connectivity index (χ3v) is 6.90. The quantitative estimate of drug-likeness (QED) is 0.312. The molecule has 0 amide bonds. The number of aliphatic hydroxyl groups excluding tert-OH is 1. The predicted octanol–water partition coefficient (Wildman–Crippen LogP) is 6.12. The van der Waals surface area contributed by atoms with E-state index < -0.39 is 0 Å². The summed E-state index contributed by atoms with van der Waals surface area (Å²) in [6.45, 7) is 3.63. The molecule has 0 bridgehead atoms. The maximum Gasteiger partial charge on any atom is 0.186 e. The number of anilines is 1. The summed E-state index contributed by atoms with van der Waals surface area (Å²) in [5.74, 6) is 1.10. The average Bonchev–Trinajstić information content (AvgIpc) is 3.28. The second-order valence-electron chi connectivity index (χ2n) is 6.89. The SMILES string of the molecule is CCO.SCC1CN(c2nc3ccc(Cl)cc3s2)Cc2[nH]c3ccc(Cl)cc3c21. The predicted molar refractivity (Wildman–Crippen MR) is 128 cm³/mol. The van der Waals surface area contributed by atoms with Gasteiger partial charge in [0.2, 0.25) is 0 Å². The summed E-state index contributed by atoms with van der Waals surface area (Å²) < 4.78 is 1.11. The first kappa shape index (κ1) is 20.8. The molecule has 29 heavy (non-hydrogen) atoms. The standard InChI is InChI=1S/C19H15Cl2N3S2.C2H6O/c20-11-1-3-14-13(5-11)18-10(9-25)7-24(8-16(18)22-14)19-23-15-4-2-12(21)6-17(15)26-19;1-2-3/h1-6,10,22,25H,7-9H2;3H,2H2,1H3. The van der Waals surface area contributed by atoms with Gasteiger partial charge in [0, 0.05) is 45.7 Å². The largest absolute Gasteiger partial charge is 0.397 e. The smallest absolute Gasteiger partial charge is 0.186 e. The molecule has 0 fully saturated rings. The summed E-state index contributed by atoms with van der Waals surface area (Å²) in [4.78, 5) is 10.7. The second kappa shape index (κ2) is 8.74. The van der Waals surface area contributed by atoms with Crippen LogP contribution in [0.1, 0.15) is 24.1 Å². The van der Waals surface area contributed by atoms with Crippen molar-refractivity contribution in [2.75, 3.05) is 23.8 Å². The van der Waals surface area contributed by atoms with E-state index in [-0.39, 0.29) is 6.61 Å². The van der Waals surface area contributed by atoms with Crippen LogP contribution in [0.4, 0.5) is 5.13 Å². The number of aliphatic hydroxyl groups is 1. The molecule has 3 heterocycles. The maximum atomic E-state index is 7.57. The molecule has 2 aromatic heterocycles. The van der Waals surface area contributed by atoms with Crippen LogP contribution in [-0.2, 0) is 6.54 Å². The molecule has 0 radical (unpaired) electrons. The second-order valence-corrected chi connectivity index (χ2v) is 9.14. The van der Waals surface area contributed by atoms with Crippen molar-refractivity contribution in [1.29, 1.82) is 0 Å². The lowest BCUT2D eigenvalue weighted by atomic mass is 9.93. The molecule has 1 atom stereocenters. The number of benzene rings is 2. The highest BCUT2D eigenvalue weighted by Crippen LogP contribution is 2.40. The summed E-state index contributed by atoms with van der Waals surface area (Å²) in [6.07, 6.45) is 0. The van der Waals surface area contributed by atoms with Crippen molar-refractivity contribution >= 4 is 73.4 Å². The molecule has 1 aliphatic rings. The minimum atomic E-state index is 0.250. The van der Waals surface area contributed by atoms with E-state index in [0.29, 0.717) is 5.92 Å². The van der Waals surface area contributed by atoms with Gasteiger partial charge in [-0.05, 0) is 54.6 Å². The number of nitrogens with one attached hydrogen (secondary N) is 1. The van der Waals surface area contributed by atoms with E-state index in [1.165, 1.54) is 16.6 Å². The first-order valence-corrected chi connectivity index (χ1v) is 11.6. The third-order valence-electron chi connectivity index (χ3n) is 4.91. The van der Waals surface area contributed by atoms with Crippen LogP contribution in [0.2, 0.25) is 10.0 Å². The topological polar surface area (TPSA) is 52.1 Å². The summed E-state index contributed by atoms with van der Waals surface area (Å²) in [7, 11) is 0. The molecule has 4 nitrogen and oxygen atoms in total. The van der Waals surface area contributed by atoms with Gasteiger partial charge in [0.25, 0.3) is 0 Å². The highest BCUT2D eigenvalue weighted by atomic mass is 35.5. The van der Waals surface area contributed by atoms with Crippen molar-refractivity contribution in [3.8, 4) is 0 Å². The zero-order valence-electron chi connectivity index (χ0n) is 15.8. The lowest BCUT2D eigenvalue weighted by Crippen LogP contribution is -2.34. The Morgan fingerprint density at radius 1 is 1.24 bits per heavy atom. The van der Waals surface area contributed by atoms with E-state index in [4.69, 9.17) is 33.3 Å². The summed E-state index contributed by atoms with van der Waals surface area (Å²) in [5.41, 5.74) is 4.69. The Labute approximate surface area is 188 Å². The molecule has 2 aromatic carbocycles. The van der Waals surface area contributed by atoms with Gasteiger partial charge in [-0.25, -0.2) is 4.98 Å². The number of nitrogens with zero attached hydrogens (tertiary/aromatic N) is 2. The van der Waals surface area contributed by atoms with Crippen molar-refractivity contribution in [3.63, 3.8) is 0 Å². The maximum absolute atomic E-state index is 7.57. The highest BCUT2D eigenvalue weighted by Gasteiger charge is 2.29.